The van der Waals surface area contributed by atoms with Crippen molar-refractivity contribution in [3.8, 4) is 0 Å². The van der Waals surface area contributed by atoms with E-state index in [1.54, 1.807) is 14.0 Å². The number of hydrogen-bond acceptors (Lipinski definition) is 3. The first-order valence-electron chi connectivity index (χ1n) is 5.09. The van der Waals surface area contributed by atoms with E-state index in [2.05, 4.69) is 10.3 Å². The summed E-state index contributed by atoms with van der Waals surface area (Å²) in [5, 5.41) is 3.19. The van der Waals surface area contributed by atoms with Gasteiger partial charge in [0.05, 0.1) is 17.1 Å². The summed E-state index contributed by atoms with van der Waals surface area (Å²) >= 11 is 5.94. The maximum absolute atomic E-state index is 13.1. The molecule has 4 nitrogen and oxygen atoms in total. The van der Waals surface area contributed by atoms with Crippen molar-refractivity contribution in [2.75, 3.05) is 7.05 Å². The second-order valence-corrected chi connectivity index (χ2v) is 4.02. The third-order valence-electron chi connectivity index (χ3n) is 2.62. The van der Waals surface area contributed by atoms with E-state index in [4.69, 9.17) is 11.6 Å². The van der Waals surface area contributed by atoms with E-state index in [9.17, 15) is 9.18 Å². The smallest absolute Gasteiger partial charge is 0.263 e. The summed E-state index contributed by atoms with van der Waals surface area (Å²) in [7, 11) is 1.70. The fraction of sp³-hybridized carbons (Fsp3) is 0.273. The Hall–Kier alpha value is -1.46. The van der Waals surface area contributed by atoms with Gasteiger partial charge in [-0.25, -0.2) is 9.37 Å². The average molecular weight is 256 g/mol. The van der Waals surface area contributed by atoms with Crippen molar-refractivity contribution in [2.45, 2.75) is 13.1 Å². The number of fused-ring (bicyclic) bond motifs is 1. The summed E-state index contributed by atoms with van der Waals surface area (Å²) < 4.78 is 14.4. The summed E-state index contributed by atoms with van der Waals surface area (Å²) in [6.07, 6.45) is -0.310. The minimum Gasteiger partial charge on any atom is -0.300 e. The Bertz CT molecular complexity index is 626. The highest BCUT2D eigenvalue weighted by Gasteiger charge is 2.13. The molecule has 1 heterocycles. The van der Waals surface area contributed by atoms with E-state index < -0.39 is 5.82 Å². The van der Waals surface area contributed by atoms with E-state index >= 15 is 0 Å². The topological polar surface area (TPSA) is 46.9 Å². The molecule has 6 heteroatoms. The van der Waals surface area contributed by atoms with Crippen molar-refractivity contribution in [1.29, 1.82) is 0 Å². The third-order valence-corrected chi connectivity index (χ3v) is 2.89. The monoisotopic (exact) mass is 255 g/mol. The third kappa shape index (κ3) is 2.03. The fourth-order valence-electron chi connectivity index (χ4n) is 1.61. The standard InChI is InChI=1S/C11H11ClFN3O/c1-6(14-2)16-10(17)8-5-7(13)3-4-9(8)15-11(16)12/h3-6,14H,1-2H3. The molecule has 0 saturated heterocycles. The zero-order chi connectivity index (χ0) is 12.6. The first kappa shape index (κ1) is 12.0. The van der Waals surface area contributed by atoms with Gasteiger partial charge < -0.3 is 5.32 Å². The lowest BCUT2D eigenvalue weighted by molar-refractivity contribution is 0.461. The second-order valence-electron chi connectivity index (χ2n) is 3.68. The van der Waals surface area contributed by atoms with Crippen molar-refractivity contribution < 1.29 is 4.39 Å². The Morgan fingerprint density at radius 3 is 2.88 bits per heavy atom. The lowest BCUT2D eigenvalue weighted by atomic mass is 10.2. The predicted octanol–water partition coefficient (Wildman–Crippen LogP) is 1.93. The Kier molecular flexibility index (Phi) is 3.13. The average Bonchev–Trinajstić information content (AvgIpc) is 2.30. The molecule has 0 saturated carbocycles. The lowest BCUT2D eigenvalue weighted by Gasteiger charge is -2.15. The van der Waals surface area contributed by atoms with Gasteiger partial charge in [0, 0.05) is 0 Å². The van der Waals surface area contributed by atoms with Crippen LogP contribution in [0.25, 0.3) is 10.9 Å². The first-order chi connectivity index (χ1) is 8.04. The van der Waals surface area contributed by atoms with Crippen LogP contribution in [0.15, 0.2) is 23.0 Å². The summed E-state index contributed by atoms with van der Waals surface area (Å²) in [5.74, 6) is -0.470. The Morgan fingerprint density at radius 1 is 1.53 bits per heavy atom. The number of hydrogen-bond donors (Lipinski definition) is 1. The molecule has 1 atom stereocenters. The van der Waals surface area contributed by atoms with Crippen LogP contribution in [0.3, 0.4) is 0 Å². The number of benzene rings is 1. The predicted molar refractivity (Wildman–Crippen MR) is 64.7 cm³/mol. The highest BCUT2D eigenvalue weighted by Crippen LogP contribution is 2.15. The van der Waals surface area contributed by atoms with E-state index in [0.717, 1.165) is 0 Å². The summed E-state index contributed by atoms with van der Waals surface area (Å²) in [6, 6.07) is 3.85. The van der Waals surface area contributed by atoms with E-state index in [0.29, 0.717) is 5.52 Å². The van der Waals surface area contributed by atoms with Crippen LogP contribution < -0.4 is 10.9 Å². The van der Waals surface area contributed by atoms with Crippen molar-refractivity contribution >= 4 is 22.5 Å². The molecule has 0 bridgehead atoms. The van der Waals surface area contributed by atoms with Crippen molar-refractivity contribution in [3.05, 3.63) is 39.7 Å². The van der Waals surface area contributed by atoms with Crippen LogP contribution in [0.4, 0.5) is 4.39 Å². The van der Waals surface area contributed by atoms with Crippen LogP contribution in [0.2, 0.25) is 5.28 Å². The Morgan fingerprint density at radius 2 is 2.24 bits per heavy atom. The number of halogens is 2. The number of nitrogens with zero attached hydrogens (tertiary/aromatic N) is 2. The molecule has 1 N–H and O–H groups in total. The van der Waals surface area contributed by atoms with Gasteiger partial charge in [-0.1, -0.05) is 0 Å². The minimum atomic E-state index is -0.470. The van der Waals surface area contributed by atoms with Crippen LogP contribution in [-0.4, -0.2) is 16.6 Å². The SMILES string of the molecule is CNC(C)n1c(Cl)nc2ccc(F)cc2c1=O. The normalized spacial score (nSPS) is 12.9. The molecule has 0 fully saturated rings. The van der Waals surface area contributed by atoms with Crippen molar-refractivity contribution in [3.63, 3.8) is 0 Å². The van der Waals surface area contributed by atoms with Crippen LogP contribution in [0, 0.1) is 5.82 Å². The van der Waals surface area contributed by atoms with Gasteiger partial charge in [-0.2, -0.15) is 0 Å². The van der Waals surface area contributed by atoms with E-state index in [-0.39, 0.29) is 22.4 Å². The second kappa shape index (κ2) is 4.43. The molecular weight excluding hydrogens is 245 g/mol. The van der Waals surface area contributed by atoms with Gasteiger partial charge in [0.1, 0.15) is 5.82 Å². The van der Waals surface area contributed by atoms with Gasteiger partial charge in [-0.15, -0.1) is 0 Å². The number of aromatic nitrogens is 2. The van der Waals surface area contributed by atoms with Crippen LogP contribution in [0.5, 0.6) is 0 Å². The highest BCUT2D eigenvalue weighted by molar-refractivity contribution is 6.28. The van der Waals surface area contributed by atoms with Gasteiger partial charge in [0.15, 0.2) is 0 Å². The lowest BCUT2D eigenvalue weighted by Crippen LogP contribution is -2.31. The first-order valence-corrected chi connectivity index (χ1v) is 5.47. The molecule has 0 radical (unpaired) electrons. The fourth-order valence-corrected chi connectivity index (χ4v) is 1.92. The van der Waals surface area contributed by atoms with Crippen LogP contribution in [-0.2, 0) is 0 Å². The Balaban J connectivity index is 2.83. The van der Waals surface area contributed by atoms with Crippen LogP contribution >= 0.6 is 11.6 Å². The molecule has 2 aromatic rings. The van der Waals surface area contributed by atoms with E-state index in [1.807, 2.05) is 0 Å². The molecule has 0 aliphatic carbocycles. The molecule has 90 valence electrons. The highest BCUT2D eigenvalue weighted by atomic mass is 35.5. The number of nitrogens with one attached hydrogen (secondary N) is 1. The molecule has 0 aliphatic rings. The summed E-state index contributed by atoms with van der Waals surface area (Å²) in [6.45, 7) is 1.76. The van der Waals surface area contributed by atoms with Gasteiger partial charge >= 0.3 is 0 Å². The molecule has 0 aliphatic heterocycles. The van der Waals surface area contributed by atoms with Gasteiger partial charge in [-0.05, 0) is 43.8 Å². The molecule has 1 aromatic heterocycles. The van der Waals surface area contributed by atoms with Gasteiger partial charge in [0.25, 0.3) is 5.56 Å². The molecule has 1 aromatic carbocycles. The maximum Gasteiger partial charge on any atom is 0.263 e. The zero-order valence-electron chi connectivity index (χ0n) is 9.37. The molecular formula is C11H11ClFN3O. The minimum absolute atomic E-state index is 0.0796. The van der Waals surface area contributed by atoms with Gasteiger partial charge in [0.2, 0.25) is 5.28 Å². The molecule has 0 spiro atoms. The molecule has 0 amide bonds. The molecule has 2 rings (SSSR count). The van der Waals surface area contributed by atoms with Crippen LogP contribution in [0.1, 0.15) is 13.1 Å². The molecule has 1 unspecified atom stereocenters. The van der Waals surface area contributed by atoms with Crippen molar-refractivity contribution in [1.82, 2.24) is 14.9 Å². The quantitative estimate of drug-likeness (QED) is 0.834. The van der Waals surface area contributed by atoms with Crippen molar-refractivity contribution in [2.24, 2.45) is 0 Å². The largest absolute Gasteiger partial charge is 0.300 e. The zero-order valence-corrected chi connectivity index (χ0v) is 10.1. The summed E-state index contributed by atoms with van der Waals surface area (Å²) in [5.41, 5.74) is 0.0299. The maximum atomic E-state index is 13.1. The number of rotatable bonds is 2. The Labute approximate surface area is 102 Å². The molecule has 17 heavy (non-hydrogen) atoms. The van der Waals surface area contributed by atoms with E-state index in [1.165, 1.54) is 22.8 Å². The van der Waals surface area contributed by atoms with Gasteiger partial charge in [-0.3, -0.25) is 9.36 Å². The summed E-state index contributed by atoms with van der Waals surface area (Å²) in [4.78, 5) is 16.2.